The lowest BCUT2D eigenvalue weighted by Gasteiger charge is -2.26. The smallest absolute Gasteiger partial charge is 0.413 e. The molecule has 1 aromatic carbocycles. The van der Waals surface area contributed by atoms with Crippen molar-refractivity contribution in [2.45, 2.75) is 43.5 Å². The van der Waals surface area contributed by atoms with Gasteiger partial charge in [-0.05, 0) is 48.9 Å². The predicted molar refractivity (Wildman–Crippen MR) is 103 cm³/mol. The number of thiazole rings is 1. The number of sulfonamides is 1. The first kappa shape index (κ1) is 18.4. The van der Waals surface area contributed by atoms with Crippen molar-refractivity contribution in [1.29, 1.82) is 0 Å². The van der Waals surface area contributed by atoms with Gasteiger partial charge >= 0.3 is 6.09 Å². The number of rotatable bonds is 3. The first-order valence-electron chi connectivity index (χ1n) is 8.93. The maximum atomic E-state index is 13.1. The molecule has 1 aliphatic heterocycles. The number of methoxy groups -OCH3 is 1. The summed E-state index contributed by atoms with van der Waals surface area (Å²) in [5.41, 5.74) is 3.26. The van der Waals surface area contributed by atoms with Crippen LogP contribution in [-0.4, -0.2) is 37.5 Å². The lowest BCUT2D eigenvalue weighted by atomic mass is 9.92. The Kier molecular flexibility index (Phi) is 4.92. The molecule has 0 unspecified atom stereocenters. The number of benzene rings is 1. The van der Waals surface area contributed by atoms with E-state index in [0.717, 1.165) is 35.4 Å². The minimum atomic E-state index is -3.56. The molecule has 7 nitrogen and oxygen atoms in total. The molecule has 1 aliphatic carbocycles. The molecule has 0 saturated carbocycles. The Balaban J connectivity index is 1.56. The van der Waals surface area contributed by atoms with Crippen LogP contribution < -0.4 is 5.32 Å². The summed E-state index contributed by atoms with van der Waals surface area (Å²) in [5, 5.41) is 2.98. The Morgan fingerprint density at radius 2 is 2.00 bits per heavy atom. The number of aryl methyl sites for hydroxylation is 2. The highest BCUT2D eigenvalue weighted by molar-refractivity contribution is 7.89. The summed E-state index contributed by atoms with van der Waals surface area (Å²) in [4.78, 5) is 16.9. The number of fused-ring (bicyclic) bond motifs is 2. The van der Waals surface area contributed by atoms with E-state index in [4.69, 9.17) is 0 Å². The van der Waals surface area contributed by atoms with Gasteiger partial charge in [0.2, 0.25) is 10.0 Å². The largest absolute Gasteiger partial charge is 0.453 e. The van der Waals surface area contributed by atoms with Gasteiger partial charge in [-0.3, -0.25) is 5.32 Å². The average molecular weight is 408 g/mol. The van der Waals surface area contributed by atoms with Crippen LogP contribution in [0.25, 0.3) is 0 Å². The van der Waals surface area contributed by atoms with Crippen LogP contribution in [-0.2, 0) is 40.6 Å². The minimum Gasteiger partial charge on any atom is -0.453 e. The van der Waals surface area contributed by atoms with Crippen LogP contribution in [0.4, 0.5) is 9.93 Å². The van der Waals surface area contributed by atoms with Gasteiger partial charge in [0.15, 0.2) is 5.13 Å². The number of ether oxygens (including phenoxy) is 1. The van der Waals surface area contributed by atoms with Gasteiger partial charge in [0, 0.05) is 17.8 Å². The van der Waals surface area contributed by atoms with Gasteiger partial charge < -0.3 is 4.74 Å². The number of carbonyl (C=O) groups is 1. The highest BCUT2D eigenvalue weighted by Gasteiger charge is 2.31. The van der Waals surface area contributed by atoms with Crippen molar-refractivity contribution in [3.05, 3.63) is 39.9 Å². The van der Waals surface area contributed by atoms with Crippen molar-refractivity contribution in [3.63, 3.8) is 0 Å². The topological polar surface area (TPSA) is 88.6 Å². The zero-order valence-electron chi connectivity index (χ0n) is 15.0. The van der Waals surface area contributed by atoms with E-state index in [2.05, 4.69) is 15.0 Å². The molecule has 0 saturated heterocycles. The Hall–Kier alpha value is -1.97. The van der Waals surface area contributed by atoms with Crippen molar-refractivity contribution < 1.29 is 17.9 Å². The summed E-state index contributed by atoms with van der Waals surface area (Å²) in [6.07, 6.45) is 4.19. The molecule has 0 fully saturated rings. The Morgan fingerprint density at radius 1 is 1.22 bits per heavy atom. The average Bonchev–Trinajstić information content (AvgIpc) is 3.08. The Bertz CT molecular complexity index is 984. The molecule has 1 amide bonds. The molecule has 2 heterocycles. The number of anilines is 1. The molecule has 0 atom stereocenters. The number of aromatic nitrogens is 1. The first-order chi connectivity index (χ1) is 13.0. The van der Waals surface area contributed by atoms with E-state index in [1.165, 1.54) is 34.7 Å². The highest BCUT2D eigenvalue weighted by Crippen LogP contribution is 2.32. The second-order valence-corrected chi connectivity index (χ2v) is 9.75. The lowest BCUT2D eigenvalue weighted by molar-refractivity contribution is 0.187. The second-order valence-electron chi connectivity index (χ2n) is 6.73. The van der Waals surface area contributed by atoms with Crippen molar-refractivity contribution in [1.82, 2.24) is 9.29 Å². The molecular weight excluding hydrogens is 386 g/mol. The van der Waals surface area contributed by atoms with Gasteiger partial charge in [-0.2, -0.15) is 4.31 Å². The van der Waals surface area contributed by atoms with Crippen LogP contribution in [0.2, 0.25) is 0 Å². The van der Waals surface area contributed by atoms with Crippen molar-refractivity contribution in [3.8, 4) is 0 Å². The van der Waals surface area contributed by atoms with Gasteiger partial charge in [-0.15, -0.1) is 0 Å². The van der Waals surface area contributed by atoms with E-state index < -0.39 is 16.1 Å². The molecule has 1 N–H and O–H groups in total. The van der Waals surface area contributed by atoms with E-state index in [1.54, 1.807) is 6.07 Å². The van der Waals surface area contributed by atoms with Crippen LogP contribution >= 0.6 is 11.3 Å². The number of hydrogen-bond acceptors (Lipinski definition) is 6. The summed E-state index contributed by atoms with van der Waals surface area (Å²) in [5.74, 6) is 0. The molecule has 144 valence electrons. The van der Waals surface area contributed by atoms with Crippen LogP contribution in [0.5, 0.6) is 0 Å². The normalized spacial score (nSPS) is 17.1. The van der Waals surface area contributed by atoms with E-state index in [-0.39, 0.29) is 6.54 Å². The zero-order valence-corrected chi connectivity index (χ0v) is 16.7. The molecule has 9 heteroatoms. The van der Waals surface area contributed by atoms with Crippen molar-refractivity contribution in [2.24, 2.45) is 0 Å². The number of nitrogens with zero attached hydrogens (tertiary/aromatic N) is 2. The second kappa shape index (κ2) is 7.21. The first-order valence-corrected chi connectivity index (χ1v) is 11.2. The van der Waals surface area contributed by atoms with E-state index in [9.17, 15) is 13.2 Å². The fraction of sp³-hybridized carbons (Fsp3) is 0.444. The third kappa shape index (κ3) is 3.59. The minimum absolute atomic E-state index is 0.273. The molecule has 2 aliphatic rings. The summed E-state index contributed by atoms with van der Waals surface area (Å²) >= 11 is 1.29. The van der Waals surface area contributed by atoms with Crippen LogP contribution in [0.3, 0.4) is 0 Å². The molecule has 27 heavy (non-hydrogen) atoms. The predicted octanol–water partition coefficient (Wildman–Crippen LogP) is 2.95. The van der Waals surface area contributed by atoms with E-state index >= 15 is 0 Å². The highest BCUT2D eigenvalue weighted by atomic mass is 32.2. The Morgan fingerprint density at radius 3 is 2.78 bits per heavy atom. The zero-order chi connectivity index (χ0) is 19.0. The summed E-state index contributed by atoms with van der Waals surface area (Å²) < 4.78 is 32.3. The molecule has 0 radical (unpaired) electrons. The third-order valence-corrected chi connectivity index (χ3v) is 7.89. The fourth-order valence-electron chi connectivity index (χ4n) is 3.59. The van der Waals surface area contributed by atoms with Crippen molar-refractivity contribution >= 4 is 32.6 Å². The standard InChI is InChI=1S/C18H21N3O4S2/c1-25-18(22)20-17-19-15-8-9-21(11-16(15)26-17)27(23,24)14-7-6-12-4-2-3-5-13(12)10-14/h6-7,10H,2-5,8-9,11H2,1H3,(H,19,20,22). The number of amides is 1. The fourth-order valence-corrected chi connectivity index (χ4v) is 6.14. The van der Waals surface area contributed by atoms with Gasteiger partial charge in [0.05, 0.1) is 24.2 Å². The van der Waals surface area contributed by atoms with Gasteiger partial charge in [-0.1, -0.05) is 17.4 Å². The summed E-state index contributed by atoms with van der Waals surface area (Å²) in [6, 6.07) is 5.53. The van der Waals surface area contributed by atoms with Gasteiger partial charge in [0.25, 0.3) is 0 Å². The molecule has 1 aromatic heterocycles. The van der Waals surface area contributed by atoms with E-state index in [1.807, 2.05) is 12.1 Å². The number of nitrogens with one attached hydrogen (secondary N) is 1. The molecule has 4 rings (SSSR count). The maximum absolute atomic E-state index is 13.1. The molecule has 0 spiro atoms. The monoisotopic (exact) mass is 407 g/mol. The van der Waals surface area contributed by atoms with E-state index in [0.29, 0.717) is 23.0 Å². The lowest BCUT2D eigenvalue weighted by Crippen LogP contribution is -2.35. The molecular formula is C18H21N3O4S2. The van der Waals surface area contributed by atoms with Crippen molar-refractivity contribution in [2.75, 3.05) is 19.0 Å². The van der Waals surface area contributed by atoms with Gasteiger partial charge in [0.1, 0.15) is 0 Å². The number of carbonyl (C=O) groups excluding carboxylic acids is 1. The quantitative estimate of drug-likeness (QED) is 0.845. The van der Waals surface area contributed by atoms with Gasteiger partial charge in [-0.25, -0.2) is 18.2 Å². The van der Waals surface area contributed by atoms with Crippen LogP contribution in [0.15, 0.2) is 23.1 Å². The molecule has 2 aromatic rings. The third-order valence-electron chi connectivity index (χ3n) is 5.05. The summed E-state index contributed by atoms with van der Waals surface area (Å²) in [6.45, 7) is 0.656. The maximum Gasteiger partial charge on any atom is 0.413 e. The Labute approximate surface area is 162 Å². The van der Waals surface area contributed by atoms with Crippen LogP contribution in [0, 0.1) is 0 Å². The van der Waals surface area contributed by atoms with Crippen LogP contribution in [0.1, 0.15) is 34.5 Å². The SMILES string of the molecule is COC(=O)Nc1nc2c(s1)CN(S(=O)(=O)c1ccc3c(c1)CCCC3)CC2. The number of hydrogen-bond donors (Lipinski definition) is 1. The molecule has 0 bridgehead atoms. The summed E-state index contributed by atoms with van der Waals surface area (Å²) in [7, 11) is -2.27.